The Kier molecular flexibility index (Phi) is 8.14. The van der Waals surface area contributed by atoms with Crippen LogP contribution in [0.1, 0.15) is 18.1 Å². The summed E-state index contributed by atoms with van der Waals surface area (Å²) in [6.07, 6.45) is 1.01. The minimum atomic E-state index is -0.322. The smallest absolute Gasteiger partial charge is 0.279 e. The van der Waals surface area contributed by atoms with Crippen LogP contribution in [0.4, 0.5) is 10.1 Å². The summed E-state index contributed by atoms with van der Waals surface area (Å²) in [5.41, 5.74) is 3.05. The molecule has 1 aliphatic heterocycles. The monoisotopic (exact) mass is 428 g/mol. The van der Waals surface area contributed by atoms with Crippen LogP contribution >= 0.6 is 0 Å². The minimum Gasteiger partial charge on any atom is -0.337 e. The lowest BCUT2D eigenvalue weighted by atomic mass is 10.1. The lowest BCUT2D eigenvalue weighted by Crippen LogP contribution is -3.28. The Morgan fingerprint density at radius 2 is 1.45 bits per heavy atom. The van der Waals surface area contributed by atoms with Crippen LogP contribution in [0.15, 0.2) is 48.5 Å². The van der Waals surface area contributed by atoms with Gasteiger partial charge in [0, 0.05) is 19.3 Å². The standard InChI is InChI=1S/C24H31FN4O2/c1-3-19-4-6-20(7-5-19)16-27(2)24(31)18-29-14-12-28(13-15-29)17-23(30)26-22-10-8-21(25)9-11-22/h4-11H,3,12-18H2,1-2H3,(H,26,30)/p+2. The van der Waals surface area contributed by atoms with E-state index in [0.29, 0.717) is 25.3 Å². The number of carbonyl (C=O) groups is 2. The predicted octanol–water partition coefficient (Wildman–Crippen LogP) is -0.231. The summed E-state index contributed by atoms with van der Waals surface area (Å²) in [5.74, 6) is -0.251. The number of aryl methyl sites for hydroxylation is 1. The molecule has 31 heavy (non-hydrogen) atoms. The lowest BCUT2D eigenvalue weighted by molar-refractivity contribution is -1.00. The zero-order chi connectivity index (χ0) is 22.2. The first-order valence-electron chi connectivity index (χ1n) is 11.0. The molecule has 0 aromatic heterocycles. The fraction of sp³-hybridized carbons (Fsp3) is 0.417. The van der Waals surface area contributed by atoms with E-state index in [2.05, 4.69) is 36.5 Å². The third-order valence-corrected chi connectivity index (χ3v) is 5.88. The molecule has 0 radical (unpaired) electrons. The molecule has 2 aromatic rings. The number of amides is 2. The number of carbonyl (C=O) groups excluding carboxylic acids is 2. The van der Waals surface area contributed by atoms with Crippen molar-refractivity contribution in [3.63, 3.8) is 0 Å². The molecule has 7 heteroatoms. The first-order chi connectivity index (χ1) is 14.9. The van der Waals surface area contributed by atoms with Crippen molar-refractivity contribution in [2.45, 2.75) is 19.9 Å². The van der Waals surface area contributed by atoms with Crippen molar-refractivity contribution < 1.29 is 23.8 Å². The number of nitrogens with one attached hydrogen (secondary N) is 3. The summed E-state index contributed by atoms with van der Waals surface area (Å²) < 4.78 is 13.0. The fourth-order valence-electron chi connectivity index (χ4n) is 3.87. The van der Waals surface area contributed by atoms with Crippen molar-refractivity contribution in [3.05, 3.63) is 65.5 Å². The number of likely N-dealkylation sites (N-methyl/N-ethyl adjacent to an activating group) is 1. The molecule has 0 bridgehead atoms. The summed E-state index contributed by atoms with van der Waals surface area (Å²) in [7, 11) is 1.86. The summed E-state index contributed by atoms with van der Waals surface area (Å²) in [5, 5.41) is 2.81. The van der Waals surface area contributed by atoms with Crippen molar-refractivity contribution in [2.24, 2.45) is 0 Å². The Morgan fingerprint density at radius 1 is 0.903 bits per heavy atom. The molecule has 1 fully saturated rings. The van der Waals surface area contributed by atoms with E-state index in [0.717, 1.165) is 38.2 Å². The molecular formula is C24H33FN4O2+2. The maximum absolute atomic E-state index is 13.0. The molecule has 1 heterocycles. The van der Waals surface area contributed by atoms with Gasteiger partial charge in [0.05, 0.1) is 0 Å². The van der Waals surface area contributed by atoms with Gasteiger partial charge in [-0.3, -0.25) is 9.59 Å². The average Bonchev–Trinajstić information content (AvgIpc) is 2.77. The third-order valence-electron chi connectivity index (χ3n) is 5.88. The van der Waals surface area contributed by atoms with Crippen molar-refractivity contribution in [1.82, 2.24) is 4.90 Å². The van der Waals surface area contributed by atoms with Gasteiger partial charge in [-0.25, -0.2) is 4.39 Å². The number of quaternary nitrogens is 2. The van der Waals surface area contributed by atoms with Crippen LogP contribution in [0.5, 0.6) is 0 Å². The van der Waals surface area contributed by atoms with E-state index < -0.39 is 0 Å². The Morgan fingerprint density at radius 3 is 2.03 bits per heavy atom. The van der Waals surface area contributed by atoms with Crippen molar-refractivity contribution >= 4 is 17.5 Å². The molecule has 6 nitrogen and oxygen atoms in total. The topological polar surface area (TPSA) is 58.3 Å². The molecule has 0 aliphatic carbocycles. The number of anilines is 1. The van der Waals surface area contributed by atoms with Gasteiger partial charge in [0.2, 0.25) is 0 Å². The third kappa shape index (κ3) is 7.15. The highest BCUT2D eigenvalue weighted by molar-refractivity contribution is 5.91. The fourth-order valence-corrected chi connectivity index (χ4v) is 3.87. The van der Waals surface area contributed by atoms with Crippen LogP contribution in [0, 0.1) is 5.82 Å². The van der Waals surface area contributed by atoms with Gasteiger partial charge in [-0.05, 0) is 41.8 Å². The Balaban J connectivity index is 1.38. The molecule has 0 atom stereocenters. The second-order valence-electron chi connectivity index (χ2n) is 8.33. The molecule has 3 rings (SSSR count). The van der Waals surface area contributed by atoms with Crippen molar-refractivity contribution in [3.8, 4) is 0 Å². The number of rotatable bonds is 8. The van der Waals surface area contributed by atoms with Crippen molar-refractivity contribution in [1.29, 1.82) is 0 Å². The van der Waals surface area contributed by atoms with E-state index in [4.69, 9.17) is 0 Å². The lowest BCUT2D eigenvalue weighted by Gasteiger charge is -2.30. The molecule has 1 saturated heterocycles. The molecule has 166 valence electrons. The van der Waals surface area contributed by atoms with E-state index in [1.54, 1.807) is 17.0 Å². The molecule has 2 amide bonds. The van der Waals surface area contributed by atoms with Crippen LogP contribution in [0.25, 0.3) is 0 Å². The maximum Gasteiger partial charge on any atom is 0.279 e. The normalized spacial score (nSPS) is 18.4. The van der Waals surface area contributed by atoms with Gasteiger partial charge < -0.3 is 20.0 Å². The number of nitrogens with zero attached hydrogens (tertiary/aromatic N) is 1. The van der Waals surface area contributed by atoms with Crippen LogP contribution in [0.2, 0.25) is 0 Å². The molecule has 2 aromatic carbocycles. The molecule has 0 unspecified atom stereocenters. The van der Waals surface area contributed by atoms with E-state index in [1.807, 2.05) is 7.05 Å². The summed E-state index contributed by atoms with van der Waals surface area (Å²) in [4.78, 5) is 29.1. The summed E-state index contributed by atoms with van der Waals surface area (Å²) in [6.45, 7) is 7.05. The Hall–Kier alpha value is -2.77. The molecule has 0 spiro atoms. The average molecular weight is 429 g/mol. The summed E-state index contributed by atoms with van der Waals surface area (Å²) >= 11 is 0. The SMILES string of the molecule is CCc1ccc(CN(C)C(=O)C[NH+]2CC[NH+](CC(=O)Nc3ccc(F)cc3)CC2)cc1. The number of hydrogen-bond acceptors (Lipinski definition) is 2. The second kappa shape index (κ2) is 11.0. The van der Waals surface area contributed by atoms with Gasteiger partial charge in [-0.15, -0.1) is 0 Å². The zero-order valence-electron chi connectivity index (χ0n) is 18.4. The van der Waals surface area contributed by atoms with Crippen LogP contribution in [0.3, 0.4) is 0 Å². The second-order valence-corrected chi connectivity index (χ2v) is 8.33. The van der Waals surface area contributed by atoms with Gasteiger partial charge in [-0.1, -0.05) is 31.2 Å². The minimum absolute atomic E-state index is 0.0741. The highest BCUT2D eigenvalue weighted by atomic mass is 19.1. The van der Waals surface area contributed by atoms with E-state index in [1.165, 1.54) is 27.5 Å². The molecule has 1 aliphatic rings. The number of piperazine rings is 1. The number of halogens is 1. The Labute approximate surface area is 183 Å². The van der Waals surface area contributed by atoms with E-state index in [9.17, 15) is 14.0 Å². The largest absolute Gasteiger partial charge is 0.337 e. The van der Waals surface area contributed by atoms with Gasteiger partial charge in [0.15, 0.2) is 13.1 Å². The summed E-state index contributed by atoms with van der Waals surface area (Å²) in [6, 6.07) is 14.2. The van der Waals surface area contributed by atoms with Crippen molar-refractivity contribution in [2.75, 3.05) is 51.6 Å². The quantitative estimate of drug-likeness (QED) is 0.544. The van der Waals surface area contributed by atoms with Gasteiger partial charge in [0.1, 0.15) is 32.0 Å². The zero-order valence-corrected chi connectivity index (χ0v) is 18.4. The van der Waals surface area contributed by atoms with E-state index in [-0.39, 0.29) is 17.6 Å². The number of benzene rings is 2. The van der Waals surface area contributed by atoms with Gasteiger partial charge in [0.25, 0.3) is 11.8 Å². The van der Waals surface area contributed by atoms with Crippen LogP contribution in [-0.2, 0) is 22.6 Å². The first kappa shape index (κ1) is 22.9. The highest BCUT2D eigenvalue weighted by Crippen LogP contribution is 2.08. The van der Waals surface area contributed by atoms with Gasteiger partial charge >= 0.3 is 0 Å². The molecule has 0 saturated carbocycles. The van der Waals surface area contributed by atoms with Crippen LogP contribution in [-0.4, -0.2) is 63.0 Å². The molecular weight excluding hydrogens is 395 g/mol. The molecule has 3 N–H and O–H groups in total. The number of hydrogen-bond donors (Lipinski definition) is 3. The predicted molar refractivity (Wildman–Crippen MR) is 118 cm³/mol. The highest BCUT2D eigenvalue weighted by Gasteiger charge is 2.27. The Bertz CT molecular complexity index is 862. The maximum atomic E-state index is 13.0. The first-order valence-corrected chi connectivity index (χ1v) is 11.0. The van der Waals surface area contributed by atoms with Gasteiger partial charge in [-0.2, -0.15) is 0 Å². The van der Waals surface area contributed by atoms with Crippen LogP contribution < -0.4 is 15.1 Å². The van der Waals surface area contributed by atoms with E-state index >= 15 is 0 Å².